The topological polar surface area (TPSA) is 44.5 Å². The highest BCUT2D eigenvalue weighted by molar-refractivity contribution is 5.31. The van der Waals surface area contributed by atoms with Crippen LogP contribution in [0.25, 0.3) is 0 Å². The number of ether oxygens (including phenoxy) is 2. The molecule has 0 aliphatic carbocycles. The second-order valence-corrected chi connectivity index (χ2v) is 4.53. The first kappa shape index (κ1) is 13.4. The fourth-order valence-electron chi connectivity index (χ4n) is 1.60. The van der Waals surface area contributed by atoms with E-state index in [1.165, 1.54) is 0 Å². The Labute approximate surface area is 114 Å². The van der Waals surface area contributed by atoms with Gasteiger partial charge >= 0.3 is 0 Å². The van der Waals surface area contributed by atoms with Gasteiger partial charge in [0.2, 0.25) is 0 Å². The van der Waals surface area contributed by atoms with Crippen molar-refractivity contribution < 1.29 is 9.47 Å². The van der Waals surface area contributed by atoms with Crippen molar-refractivity contribution in [3.63, 3.8) is 0 Å². The van der Waals surface area contributed by atoms with Gasteiger partial charge in [0.1, 0.15) is 24.7 Å². The van der Waals surface area contributed by atoms with Crippen LogP contribution >= 0.6 is 0 Å². The third-order valence-electron chi connectivity index (χ3n) is 2.58. The van der Waals surface area contributed by atoms with Gasteiger partial charge in [0, 0.05) is 6.04 Å². The first-order valence-corrected chi connectivity index (χ1v) is 6.39. The maximum Gasteiger partial charge on any atom is 0.120 e. The SMILES string of the molecule is CC(N)COc1ccc(OCc2ccccc2)cc1. The quantitative estimate of drug-likeness (QED) is 0.865. The molecule has 0 saturated carbocycles. The summed E-state index contributed by atoms with van der Waals surface area (Å²) in [4.78, 5) is 0. The molecule has 0 heterocycles. The molecule has 19 heavy (non-hydrogen) atoms. The van der Waals surface area contributed by atoms with E-state index in [9.17, 15) is 0 Å². The van der Waals surface area contributed by atoms with E-state index in [-0.39, 0.29) is 6.04 Å². The van der Waals surface area contributed by atoms with Crippen molar-refractivity contribution in [3.05, 3.63) is 60.2 Å². The van der Waals surface area contributed by atoms with Crippen LogP contribution in [0.3, 0.4) is 0 Å². The molecule has 2 rings (SSSR count). The van der Waals surface area contributed by atoms with Crippen LogP contribution in [0.5, 0.6) is 11.5 Å². The molecule has 100 valence electrons. The highest BCUT2D eigenvalue weighted by Gasteiger charge is 1.99. The summed E-state index contributed by atoms with van der Waals surface area (Å²) in [5, 5.41) is 0. The lowest BCUT2D eigenvalue weighted by Gasteiger charge is -2.10. The number of hydrogen-bond donors (Lipinski definition) is 1. The zero-order chi connectivity index (χ0) is 13.5. The Kier molecular flexibility index (Phi) is 4.81. The molecule has 0 aromatic heterocycles. The summed E-state index contributed by atoms with van der Waals surface area (Å²) in [6.07, 6.45) is 0. The number of hydrogen-bond acceptors (Lipinski definition) is 3. The van der Waals surface area contributed by atoms with Gasteiger partial charge in [-0.1, -0.05) is 30.3 Å². The van der Waals surface area contributed by atoms with Gasteiger partial charge < -0.3 is 15.2 Å². The highest BCUT2D eigenvalue weighted by Crippen LogP contribution is 2.18. The van der Waals surface area contributed by atoms with Crippen LogP contribution in [0.2, 0.25) is 0 Å². The highest BCUT2D eigenvalue weighted by atomic mass is 16.5. The van der Waals surface area contributed by atoms with Crippen molar-refractivity contribution in [3.8, 4) is 11.5 Å². The van der Waals surface area contributed by atoms with Crippen molar-refractivity contribution in [1.29, 1.82) is 0 Å². The first-order chi connectivity index (χ1) is 9.24. The standard InChI is InChI=1S/C16H19NO2/c1-13(17)11-18-15-7-9-16(10-8-15)19-12-14-5-3-2-4-6-14/h2-10,13H,11-12,17H2,1H3. The average Bonchev–Trinajstić information content (AvgIpc) is 2.45. The fraction of sp³-hybridized carbons (Fsp3) is 0.250. The van der Waals surface area contributed by atoms with Crippen LogP contribution in [0.1, 0.15) is 12.5 Å². The van der Waals surface area contributed by atoms with Crippen LogP contribution < -0.4 is 15.2 Å². The lowest BCUT2D eigenvalue weighted by Crippen LogP contribution is -2.23. The second kappa shape index (κ2) is 6.81. The van der Waals surface area contributed by atoms with Crippen LogP contribution in [0, 0.1) is 0 Å². The molecular weight excluding hydrogens is 238 g/mol. The number of nitrogens with two attached hydrogens (primary N) is 1. The van der Waals surface area contributed by atoms with Crippen LogP contribution in [-0.2, 0) is 6.61 Å². The molecule has 0 spiro atoms. The van der Waals surface area contributed by atoms with Gasteiger partial charge in [0.05, 0.1) is 0 Å². The molecule has 2 aromatic carbocycles. The summed E-state index contributed by atoms with van der Waals surface area (Å²) in [5.41, 5.74) is 6.79. The van der Waals surface area contributed by atoms with Crippen molar-refractivity contribution >= 4 is 0 Å². The Bertz CT molecular complexity index is 480. The minimum absolute atomic E-state index is 0.0361. The van der Waals surface area contributed by atoms with Crippen LogP contribution in [0.4, 0.5) is 0 Å². The number of rotatable bonds is 6. The predicted molar refractivity (Wildman–Crippen MR) is 76.4 cm³/mol. The summed E-state index contributed by atoms with van der Waals surface area (Å²) < 4.78 is 11.2. The van der Waals surface area contributed by atoms with Crippen molar-refractivity contribution in [2.45, 2.75) is 19.6 Å². The Hall–Kier alpha value is -2.00. The van der Waals surface area contributed by atoms with Gasteiger partial charge in [-0.3, -0.25) is 0 Å². The minimum atomic E-state index is 0.0361. The Morgan fingerprint density at radius 3 is 2.05 bits per heavy atom. The zero-order valence-corrected chi connectivity index (χ0v) is 11.1. The largest absolute Gasteiger partial charge is 0.492 e. The molecule has 0 saturated heterocycles. The lowest BCUT2D eigenvalue weighted by molar-refractivity contribution is 0.291. The Morgan fingerprint density at radius 1 is 0.895 bits per heavy atom. The third kappa shape index (κ3) is 4.64. The van der Waals surface area contributed by atoms with Gasteiger partial charge in [0.25, 0.3) is 0 Å². The smallest absolute Gasteiger partial charge is 0.120 e. The summed E-state index contributed by atoms with van der Waals surface area (Å²) >= 11 is 0. The van der Waals surface area contributed by atoms with Crippen LogP contribution in [-0.4, -0.2) is 12.6 Å². The van der Waals surface area contributed by atoms with Crippen molar-refractivity contribution in [2.24, 2.45) is 5.73 Å². The van der Waals surface area contributed by atoms with Gasteiger partial charge in [-0.25, -0.2) is 0 Å². The predicted octanol–water partition coefficient (Wildman–Crippen LogP) is 2.99. The van der Waals surface area contributed by atoms with E-state index >= 15 is 0 Å². The lowest BCUT2D eigenvalue weighted by atomic mass is 10.2. The van der Waals surface area contributed by atoms with E-state index in [1.807, 2.05) is 61.5 Å². The monoisotopic (exact) mass is 257 g/mol. The fourth-order valence-corrected chi connectivity index (χ4v) is 1.60. The van der Waals surface area contributed by atoms with E-state index in [4.69, 9.17) is 15.2 Å². The summed E-state index contributed by atoms with van der Waals surface area (Å²) in [5.74, 6) is 1.64. The second-order valence-electron chi connectivity index (χ2n) is 4.53. The molecule has 0 fully saturated rings. The average molecular weight is 257 g/mol. The molecule has 2 N–H and O–H groups in total. The van der Waals surface area contributed by atoms with E-state index < -0.39 is 0 Å². The third-order valence-corrected chi connectivity index (χ3v) is 2.58. The van der Waals surface area contributed by atoms with Gasteiger partial charge in [0.15, 0.2) is 0 Å². The molecule has 0 bridgehead atoms. The molecule has 3 nitrogen and oxygen atoms in total. The number of benzene rings is 2. The summed E-state index contributed by atoms with van der Waals surface area (Å²) in [7, 11) is 0. The van der Waals surface area contributed by atoms with E-state index in [2.05, 4.69) is 0 Å². The van der Waals surface area contributed by atoms with E-state index in [0.29, 0.717) is 13.2 Å². The van der Waals surface area contributed by atoms with Crippen LogP contribution in [0.15, 0.2) is 54.6 Å². The van der Waals surface area contributed by atoms with Crippen molar-refractivity contribution in [1.82, 2.24) is 0 Å². The zero-order valence-electron chi connectivity index (χ0n) is 11.1. The molecule has 0 radical (unpaired) electrons. The maximum atomic E-state index is 5.69. The molecule has 1 unspecified atom stereocenters. The first-order valence-electron chi connectivity index (χ1n) is 6.39. The molecule has 0 amide bonds. The molecule has 3 heteroatoms. The van der Waals surface area contributed by atoms with E-state index in [1.54, 1.807) is 0 Å². The minimum Gasteiger partial charge on any atom is -0.492 e. The van der Waals surface area contributed by atoms with Gasteiger partial charge in [-0.2, -0.15) is 0 Å². The summed E-state index contributed by atoms with van der Waals surface area (Å²) in [6.45, 7) is 3.00. The normalized spacial score (nSPS) is 11.9. The van der Waals surface area contributed by atoms with Crippen molar-refractivity contribution in [2.75, 3.05) is 6.61 Å². The molecule has 1 atom stereocenters. The maximum absolute atomic E-state index is 5.69. The molecule has 0 aliphatic heterocycles. The molecule has 2 aromatic rings. The van der Waals surface area contributed by atoms with Gasteiger partial charge in [-0.15, -0.1) is 0 Å². The molecular formula is C16H19NO2. The Balaban J connectivity index is 1.85. The molecule has 0 aliphatic rings. The van der Waals surface area contributed by atoms with E-state index in [0.717, 1.165) is 17.1 Å². The Morgan fingerprint density at radius 2 is 1.47 bits per heavy atom. The van der Waals surface area contributed by atoms with Gasteiger partial charge in [-0.05, 0) is 36.8 Å². The summed E-state index contributed by atoms with van der Waals surface area (Å²) in [6, 6.07) is 17.7.